The summed E-state index contributed by atoms with van der Waals surface area (Å²) in [4.78, 5) is 29.3. The third-order valence-electron chi connectivity index (χ3n) is 7.20. The molecule has 2 heterocycles. The van der Waals surface area contributed by atoms with E-state index in [1.54, 1.807) is 18.2 Å². The molecule has 2 bridgehead atoms. The second-order valence-electron chi connectivity index (χ2n) is 8.52. The molecule has 7 heteroatoms. The van der Waals surface area contributed by atoms with E-state index in [1.807, 2.05) is 48.5 Å². The highest BCUT2D eigenvalue weighted by atomic mass is 79.9. The lowest BCUT2D eigenvalue weighted by molar-refractivity contribution is -0.122. The Morgan fingerprint density at radius 1 is 0.719 bits per heavy atom. The molecule has 5 nitrogen and oxygen atoms in total. The molecule has 2 aliphatic heterocycles. The second kappa shape index (κ2) is 6.02. The average molecular weight is 553 g/mol. The number of imide groups is 1. The highest BCUT2D eigenvalue weighted by Gasteiger charge is 2.72. The summed E-state index contributed by atoms with van der Waals surface area (Å²) in [6, 6.07) is 21.3. The van der Waals surface area contributed by atoms with Crippen molar-refractivity contribution in [3.05, 3.63) is 89.0 Å². The van der Waals surface area contributed by atoms with Gasteiger partial charge in [0.2, 0.25) is 18.6 Å². The van der Waals surface area contributed by atoms with Crippen molar-refractivity contribution in [2.75, 3.05) is 11.7 Å². The van der Waals surface area contributed by atoms with Gasteiger partial charge in [0.05, 0.1) is 26.2 Å². The van der Waals surface area contributed by atoms with Crippen molar-refractivity contribution in [2.45, 2.75) is 8.65 Å². The summed E-state index contributed by atoms with van der Waals surface area (Å²) in [5.41, 5.74) is 4.57. The molecule has 0 unspecified atom stereocenters. The largest absolute Gasteiger partial charge is 0.454 e. The molecular weight excluding hydrogens is 538 g/mol. The van der Waals surface area contributed by atoms with Crippen LogP contribution in [-0.4, -0.2) is 18.6 Å². The van der Waals surface area contributed by atoms with Crippen molar-refractivity contribution in [1.29, 1.82) is 0 Å². The summed E-state index contributed by atoms with van der Waals surface area (Å²) in [6.07, 6.45) is 0. The molecule has 3 aromatic carbocycles. The number of hydrogen-bond donors (Lipinski definition) is 0. The molecule has 3 aromatic rings. The molecule has 32 heavy (non-hydrogen) atoms. The van der Waals surface area contributed by atoms with Crippen molar-refractivity contribution in [2.24, 2.45) is 11.8 Å². The van der Waals surface area contributed by atoms with Crippen molar-refractivity contribution in [3.8, 4) is 11.5 Å². The van der Waals surface area contributed by atoms with E-state index >= 15 is 0 Å². The number of alkyl halides is 2. The zero-order valence-corrected chi connectivity index (χ0v) is 19.7. The topological polar surface area (TPSA) is 55.8 Å². The van der Waals surface area contributed by atoms with Gasteiger partial charge in [0.1, 0.15) is 0 Å². The van der Waals surface area contributed by atoms with Crippen LogP contribution >= 0.6 is 31.9 Å². The maximum absolute atomic E-state index is 14.0. The lowest BCUT2D eigenvalue weighted by Gasteiger charge is -2.55. The fourth-order valence-corrected chi connectivity index (χ4v) is 8.25. The van der Waals surface area contributed by atoms with Gasteiger partial charge >= 0.3 is 0 Å². The van der Waals surface area contributed by atoms with Gasteiger partial charge in [-0.1, -0.05) is 80.4 Å². The summed E-state index contributed by atoms with van der Waals surface area (Å²) in [5.74, 6) is -0.477. The Morgan fingerprint density at radius 3 is 1.69 bits per heavy atom. The summed E-state index contributed by atoms with van der Waals surface area (Å²) < 4.78 is 9.31. The quantitative estimate of drug-likeness (QED) is 0.321. The number of benzene rings is 3. The molecular formula is C25H15Br2NO4. The van der Waals surface area contributed by atoms with Crippen LogP contribution in [0.25, 0.3) is 0 Å². The van der Waals surface area contributed by atoms with Crippen molar-refractivity contribution in [1.82, 2.24) is 0 Å². The Morgan fingerprint density at radius 2 is 1.19 bits per heavy atom. The lowest BCUT2D eigenvalue weighted by Crippen LogP contribution is -2.56. The predicted molar refractivity (Wildman–Crippen MR) is 124 cm³/mol. The summed E-state index contributed by atoms with van der Waals surface area (Å²) in [6.45, 7) is 0.131. The van der Waals surface area contributed by atoms with Gasteiger partial charge in [-0.3, -0.25) is 9.59 Å². The first-order chi connectivity index (χ1) is 15.5. The number of nitrogens with zero attached hydrogens (tertiary/aromatic N) is 1. The molecule has 0 spiro atoms. The van der Waals surface area contributed by atoms with Crippen LogP contribution < -0.4 is 14.4 Å². The molecule has 158 valence electrons. The molecule has 0 radical (unpaired) electrons. The third-order valence-corrected chi connectivity index (χ3v) is 9.89. The SMILES string of the molecule is O=C1[C@@H]2[C@H](C(=O)N1c1ccc3c(c1)OCO3)C1(Br)c3ccccc3C2(Br)c2ccccc21. The van der Waals surface area contributed by atoms with Gasteiger partial charge in [-0.15, -0.1) is 0 Å². The molecule has 2 atom stereocenters. The first-order valence-corrected chi connectivity index (χ1v) is 11.9. The van der Waals surface area contributed by atoms with E-state index in [0.29, 0.717) is 17.2 Å². The highest BCUT2D eigenvalue weighted by molar-refractivity contribution is 9.10. The first-order valence-electron chi connectivity index (χ1n) is 10.3. The van der Waals surface area contributed by atoms with Gasteiger partial charge in [-0.25, -0.2) is 4.90 Å². The molecule has 2 amide bonds. The van der Waals surface area contributed by atoms with Crippen LogP contribution in [0.15, 0.2) is 66.7 Å². The van der Waals surface area contributed by atoms with Gasteiger partial charge in [0.25, 0.3) is 0 Å². The molecule has 0 aromatic heterocycles. The Labute approximate surface area is 200 Å². The fourth-order valence-electron chi connectivity index (χ4n) is 5.95. The third kappa shape index (κ3) is 1.97. The minimum Gasteiger partial charge on any atom is -0.454 e. The van der Waals surface area contributed by atoms with Crippen LogP contribution in [0.5, 0.6) is 11.5 Å². The Balaban J connectivity index is 1.49. The summed E-state index contributed by atoms with van der Waals surface area (Å²) >= 11 is 8.03. The molecule has 0 saturated carbocycles. The van der Waals surface area contributed by atoms with Crippen LogP contribution in [-0.2, 0) is 18.2 Å². The Hall–Kier alpha value is -2.64. The maximum Gasteiger partial charge on any atom is 0.239 e. The number of amides is 2. The normalized spacial score (nSPS) is 30.9. The number of fused-ring (bicyclic) bond motifs is 1. The lowest BCUT2D eigenvalue weighted by atomic mass is 9.54. The zero-order valence-electron chi connectivity index (χ0n) is 16.5. The highest BCUT2D eigenvalue weighted by Crippen LogP contribution is 2.70. The van der Waals surface area contributed by atoms with E-state index in [0.717, 1.165) is 22.3 Å². The number of hydrogen-bond acceptors (Lipinski definition) is 4. The fraction of sp³-hybridized carbons (Fsp3) is 0.200. The minimum absolute atomic E-state index is 0.131. The molecule has 8 rings (SSSR count). The average Bonchev–Trinajstić information content (AvgIpc) is 3.39. The van der Waals surface area contributed by atoms with Crippen LogP contribution in [0.4, 0.5) is 5.69 Å². The van der Waals surface area contributed by atoms with E-state index in [1.165, 1.54) is 4.90 Å². The number of halogens is 2. The summed E-state index contributed by atoms with van der Waals surface area (Å²) in [5, 5.41) is 0. The van der Waals surface area contributed by atoms with Gasteiger partial charge in [-0.05, 0) is 34.4 Å². The van der Waals surface area contributed by atoms with E-state index in [4.69, 9.17) is 9.47 Å². The molecule has 1 saturated heterocycles. The van der Waals surface area contributed by atoms with E-state index in [2.05, 4.69) is 31.9 Å². The van der Waals surface area contributed by atoms with Crippen LogP contribution in [0.3, 0.4) is 0 Å². The molecule has 3 aliphatic carbocycles. The van der Waals surface area contributed by atoms with Crippen molar-refractivity contribution < 1.29 is 19.1 Å². The van der Waals surface area contributed by atoms with Crippen molar-refractivity contribution in [3.63, 3.8) is 0 Å². The molecule has 5 aliphatic rings. The first kappa shape index (κ1) is 18.9. The number of rotatable bonds is 1. The number of anilines is 1. The van der Waals surface area contributed by atoms with E-state index in [-0.39, 0.29) is 18.6 Å². The Kier molecular flexibility index (Phi) is 3.56. The standard InChI is InChI=1S/C25H15Br2NO4/c26-24-14-5-1-2-6-15(14)25(27,17-8-4-3-7-16(17)24)21-20(24)22(29)28(23(21)30)13-9-10-18-19(11-13)32-12-31-18/h1-11,20-21H,12H2/t20-,21+,24?,25?. The smallest absolute Gasteiger partial charge is 0.239 e. The van der Waals surface area contributed by atoms with Gasteiger partial charge < -0.3 is 9.47 Å². The second-order valence-corrected chi connectivity index (χ2v) is 11.0. The maximum atomic E-state index is 14.0. The number of ether oxygens (including phenoxy) is 2. The van der Waals surface area contributed by atoms with E-state index in [9.17, 15) is 9.59 Å². The van der Waals surface area contributed by atoms with Crippen LogP contribution in [0.1, 0.15) is 22.3 Å². The van der Waals surface area contributed by atoms with Crippen LogP contribution in [0, 0.1) is 11.8 Å². The predicted octanol–water partition coefficient (Wildman–Crippen LogP) is 4.83. The van der Waals surface area contributed by atoms with E-state index < -0.39 is 20.5 Å². The van der Waals surface area contributed by atoms with Crippen molar-refractivity contribution >= 4 is 49.4 Å². The van der Waals surface area contributed by atoms with Gasteiger partial charge in [0, 0.05) is 6.07 Å². The molecule has 0 N–H and O–H groups in total. The van der Waals surface area contributed by atoms with Gasteiger partial charge in [-0.2, -0.15) is 0 Å². The molecule has 1 fully saturated rings. The minimum atomic E-state index is -0.793. The monoisotopic (exact) mass is 551 g/mol. The Bertz CT molecular complexity index is 1250. The van der Waals surface area contributed by atoms with Crippen LogP contribution in [0.2, 0.25) is 0 Å². The number of carbonyl (C=O) groups excluding carboxylic acids is 2. The zero-order chi connectivity index (χ0) is 21.8. The summed E-state index contributed by atoms with van der Waals surface area (Å²) in [7, 11) is 0. The number of carbonyl (C=O) groups is 2. The van der Waals surface area contributed by atoms with Gasteiger partial charge in [0.15, 0.2) is 11.5 Å².